The number of amides is 1. The number of carboxylic acids is 1. The second kappa shape index (κ2) is 7.98. The van der Waals surface area contributed by atoms with Crippen LogP contribution in [0.4, 0.5) is 4.39 Å². The van der Waals surface area contributed by atoms with Gasteiger partial charge in [-0.15, -0.1) is 0 Å². The Morgan fingerprint density at radius 1 is 1.12 bits per heavy atom. The van der Waals surface area contributed by atoms with Crippen molar-refractivity contribution in [3.8, 4) is 0 Å². The normalized spacial score (nSPS) is 24.9. The lowest BCUT2D eigenvalue weighted by molar-refractivity contribution is -0.138. The van der Waals surface area contributed by atoms with Crippen LogP contribution in [-0.4, -0.2) is 41.1 Å². The fourth-order valence-corrected chi connectivity index (χ4v) is 4.19. The average molecular weight is 347 g/mol. The molecule has 1 saturated heterocycles. The highest BCUT2D eigenvalue weighted by atomic mass is 19.1. The second-order valence-electron chi connectivity index (χ2n) is 7.40. The van der Waals surface area contributed by atoms with Gasteiger partial charge in [0.2, 0.25) is 5.91 Å². The molecule has 2 atom stereocenters. The first-order valence-electron chi connectivity index (χ1n) is 9.28. The quantitative estimate of drug-likeness (QED) is 0.904. The van der Waals surface area contributed by atoms with Crippen molar-refractivity contribution in [2.45, 2.75) is 51.1 Å². The molecule has 1 amide bonds. The van der Waals surface area contributed by atoms with Gasteiger partial charge in [-0.1, -0.05) is 18.2 Å². The first kappa shape index (κ1) is 17.9. The lowest BCUT2D eigenvalue weighted by atomic mass is 9.85. The molecule has 1 aliphatic carbocycles. The van der Waals surface area contributed by atoms with Gasteiger partial charge in [-0.25, -0.2) is 9.18 Å². The SMILES string of the molecule is O=C(O)c1ccccc1CC1CCN(C(=O)C2CCCC(F)C2)CC1. The lowest BCUT2D eigenvalue weighted by Gasteiger charge is -2.35. The van der Waals surface area contributed by atoms with Crippen LogP contribution < -0.4 is 0 Å². The van der Waals surface area contributed by atoms with E-state index in [-0.39, 0.29) is 11.8 Å². The molecular formula is C20H26FNO3. The Balaban J connectivity index is 1.54. The number of carboxylic acid groups (broad SMARTS) is 1. The molecule has 5 heteroatoms. The molecule has 1 N–H and O–H groups in total. The summed E-state index contributed by atoms with van der Waals surface area (Å²) < 4.78 is 13.5. The van der Waals surface area contributed by atoms with Crippen LogP contribution in [0, 0.1) is 11.8 Å². The summed E-state index contributed by atoms with van der Waals surface area (Å²) in [6.07, 6.45) is 4.26. The Hall–Kier alpha value is -1.91. The van der Waals surface area contributed by atoms with Gasteiger partial charge in [-0.2, -0.15) is 0 Å². The van der Waals surface area contributed by atoms with Crippen LogP contribution in [0.25, 0.3) is 0 Å². The van der Waals surface area contributed by atoms with E-state index in [2.05, 4.69) is 0 Å². The number of aromatic carboxylic acids is 1. The van der Waals surface area contributed by atoms with Crippen molar-refractivity contribution in [3.63, 3.8) is 0 Å². The van der Waals surface area contributed by atoms with Crippen molar-refractivity contribution in [2.75, 3.05) is 13.1 Å². The van der Waals surface area contributed by atoms with E-state index in [0.717, 1.165) is 37.7 Å². The van der Waals surface area contributed by atoms with E-state index >= 15 is 0 Å². The number of likely N-dealkylation sites (tertiary alicyclic amines) is 1. The Morgan fingerprint density at radius 2 is 1.84 bits per heavy atom. The molecule has 0 spiro atoms. The van der Waals surface area contributed by atoms with Gasteiger partial charge in [0, 0.05) is 19.0 Å². The molecule has 1 aromatic carbocycles. The van der Waals surface area contributed by atoms with E-state index in [1.54, 1.807) is 12.1 Å². The molecule has 0 bridgehead atoms. The van der Waals surface area contributed by atoms with Crippen LogP contribution in [0.3, 0.4) is 0 Å². The van der Waals surface area contributed by atoms with Crippen molar-refractivity contribution in [3.05, 3.63) is 35.4 Å². The molecular weight excluding hydrogens is 321 g/mol. The number of hydrogen-bond acceptors (Lipinski definition) is 2. The number of alkyl halides is 1. The van der Waals surface area contributed by atoms with Crippen LogP contribution in [0.5, 0.6) is 0 Å². The molecule has 1 aliphatic heterocycles. The lowest BCUT2D eigenvalue weighted by Crippen LogP contribution is -2.43. The Kier molecular flexibility index (Phi) is 5.71. The topological polar surface area (TPSA) is 57.6 Å². The zero-order valence-corrected chi connectivity index (χ0v) is 14.5. The smallest absolute Gasteiger partial charge is 0.335 e. The third-order valence-electron chi connectivity index (χ3n) is 5.64. The van der Waals surface area contributed by atoms with Gasteiger partial charge in [-0.05, 0) is 62.5 Å². The second-order valence-corrected chi connectivity index (χ2v) is 7.40. The molecule has 0 radical (unpaired) electrons. The van der Waals surface area contributed by atoms with Crippen molar-refractivity contribution in [1.29, 1.82) is 0 Å². The van der Waals surface area contributed by atoms with Gasteiger partial charge < -0.3 is 10.0 Å². The number of rotatable bonds is 4. The van der Waals surface area contributed by atoms with E-state index in [1.165, 1.54) is 0 Å². The monoisotopic (exact) mass is 347 g/mol. The summed E-state index contributed by atoms with van der Waals surface area (Å²) in [5, 5.41) is 9.29. The van der Waals surface area contributed by atoms with Crippen molar-refractivity contribution < 1.29 is 19.1 Å². The highest BCUT2D eigenvalue weighted by Crippen LogP contribution is 2.30. The predicted octanol–water partition coefficient (Wildman–Crippen LogP) is 3.69. The minimum Gasteiger partial charge on any atom is -0.478 e. The highest BCUT2D eigenvalue weighted by molar-refractivity contribution is 5.89. The van der Waals surface area contributed by atoms with Gasteiger partial charge in [0.05, 0.1) is 5.56 Å². The zero-order valence-electron chi connectivity index (χ0n) is 14.5. The van der Waals surface area contributed by atoms with E-state index < -0.39 is 12.1 Å². The summed E-state index contributed by atoms with van der Waals surface area (Å²) in [6.45, 7) is 1.40. The van der Waals surface area contributed by atoms with E-state index in [9.17, 15) is 19.1 Å². The molecule has 0 aromatic heterocycles. The third-order valence-corrected chi connectivity index (χ3v) is 5.64. The molecule has 2 unspecified atom stereocenters. The third kappa shape index (κ3) is 4.39. The summed E-state index contributed by atoms with van der Waals surface area (Å²) in [4.78, 5) is 25.8. The number of hydrogen-bond donors (Lipinski definition) is 1. The summed E-state index contributed by atoms with van der Waals surface area (Å²) in [5.74, 6) is -0.522. The van der Waals surface area contributed by atoms with Gasteiger partial charge in [0.25, 0.3) is 0 Å². The summed E-state index contributed by atoms with van der Waals surface area (Å²) in [6, 6.07) is 7.14. The largest absolute Gasteiger partial charge is 0.478 e. The van der Waals surface area contributed by atoms with E-state index in [1.807, 2.05) is 17.0 Å². The van der Waals surface area contributed by atoms with Crippen LogP contribution in [-0.2, 0) is 11.2 Å². The Morgan fingerprint density at radius 3 is 2.52 bits per heavy atom. The van der Waals surface area contributed by atoms with Gasteiger partial charge in [-0.3, -0.25) is 4.79 Å². The number of benzene rings is 1. The number of halogens is 1. The van der Waals surface area contributed by atoms with Gasteiger partial charge in [0.1, 0.15) is 6.17 Å². The van der Waals surface area contributed by atoms with Crippen molar-refractivity contribution >= 4 is 11.9 Å². The molecule has 136 valence electrons. The summed E-state index contributed by atoms with van der Waals surface area (Å²) >= 11 is 0. The standard InChI is InChI=1S/C20H26FNO3/c21-17-6-3-5-16(13-17)19(23)22-10-8-14(9-11-22)12-15-4-1-2-7-18(15)20(24)25/h1-2,4,7,14,16-17H,3,5-6,8-13H2,(H,24,25). The molecule has 1 aromatic rings. The molecule has 2 fully saturated rings. The van der Waals surface area contributed by atoms with Crippen LogP contribution in [0.2, 0.25) is 0 Å². The zero-order chi connectivity index (χ0) is 17.8. The highest BCUT2D eigenvalue weighted by Gasteiger charge is 2.32. The van der Waals surface area contributed by atoms with E-state index in [0.29, 0.717) is 37.4 Å². The Bertz CT molecular complexity index is 625. The average Bonchev–Trinajstić information content (AvgIpc) is 2.62. The van der Waals surface area contributed by atoms with Crippen molar-refractivity contribution in [1.82, 2.24) is 4.90 Å². The minimum absolute atomic E-state index is 0.117. The first-order chi connectivity index (χ1) is 12.0. The van der Waals surface area contributed by atoms with Crippen LogP contribution in [0.15, 0.2) is 24.3 Å². The number of carbonyl (C=O) groups excluding carboxylic acids is 1. The van der Waals surface area contributed by atoms with Crippen molar-refractivity contribution in [2.24, 2.45) is 11.8 Å². The first-order valence-corrected chi connectivity index (χ1v) is 9.28. The predicted molar refractivity (Wildman–Crippen MR) is 93.3 cm³/mol. The molecule has 3 rings (SSSR count). The summed E-state index contributed by atoms with van der Waals surface area (Å²) in [7, 11) is 0. The molecule has 2 aliphatic rings. The van der Waals surface area contributed by atoms with E-state index in [4.69, 9.17) is 0 Å². The maximum absolute atomic E-state index is 13.5. The van der Waals surface area contributed by atoms with Crippen LogP contribution in [0.1, 0.15) is 54.4 Å². The molecule has 1 heterocycles. The number of piperidine rings is 1. The number of carbonyl (C=O) groups is 2. The minimum atomic E-state index is -0.888. The van der Waals surface area contributed by atoms with Gasteiger partial charge in [0.15, 0.2) is 0 Å². The Labute approximate surface area is 148 Å². The maximum atomic E-state index is 13.5. The molecule has 1 saturated carbocycles. The number of nitrogens with zero attached hydrogens (tertiary/aromatic N) is 1. The van der Waals surface area contributed by atoms with Crippen LogP contribution >= 0.6 is 0 Å². The fraction of sp³-hybridized carbons (Fsp3) is 0.600. The molecule has 25 heavy (non-hydrogen) atoms. The summed E-state index contributed by atoms with van der Waals surface area (Å²) in [5.41, 5.74) is 1.24. The maximum Gasteiger partial charge on any atom is 0.335 e. The molecule has 4 nitrogen and oxygen atoms in total. The fourth-order valence-electron chi connectivity index (χ4n) is 4.19. The van der Waals surface area contributed by atoms with Gasteiger partial charge >= 0.3 is 5.97 Å².